The summed E-state index contributed by atoms with van der Waals surface area (Å²) in [6, 6.07) is 5.56. The number of halogens is 1. The smallest absolute Gasteiger partial charge is 0.412 e. The Morgan fingerprint density at radius 2 is 2.05 bits per heavy atom. The Balaban J connectivity index is 2.90. The molecule has 0 heterocycles. The van der Waals surface area contributed by atoms with Crippen LogP contribution in [-0.4, -0.2) is 23.6 Å². The lowest BCUT2D eigenvalue weighted by molar-refractivity contribution is 0.0635. The second-order valence-corrected chi connectivity index (χ2v) is 7.20. The molecule has 1 N–H and O–H groups in total. The quantitative estimate of drug-likeness (QED) is 0.825. The molecule has 1 rings (SSSR count). The van der Waals surface area contributed by atoms with Crippen molar-refractivity contribution in [3.63, 3.8) is 0 Å². The van der Waals surface area contributed by atoms with Gasteiger partial charge in [0, 0.05) is 10.5 Å². The standard InChI is InChI=1S/C15H22BrNO3/c1-10(16)8-11-9-12(19-5)6-7-13(11)17-14(18)20-15(2,3)4/h6-7,9-10H,8H2,1-5H3,(H,17,18). The highest BCUT2D eigenvalue weighted by molar-refractivity contribution is 9.09. The average molecular weight is 344 g/mol. The Morgan fingerprint density at radius 1 is 1.40 bits per heavy atom. The maximum absolute atomic E-state index is 11.8. The lowest BCUT2D eigenvalue weighted by atomic mass is 10.1. The van der Waals surface area contributed by atoms with E-state index >= 15 is 0 Å². The van der Waals surface area contributed by atoms with Gasteiger partial charge in [-0.2, -0.15) is 0 Å². The van der Waals surface area contributed by atoms with Crippen LogP contribution in [-0.2, 0) is 11.2 Å². The van der Waals surface area contributed by atoms with Gasteiger partial charge in [0.05, 0.1) is 7.11 Å². The third kappa shape index (κ3) is 5.82. The van der Waals surface area contributed by atoms with Gasteiger partial charge in [-0.25, -0.2) is 4.79 Å². The number of alkyl halides is 1. The van der Waals surface area contributed by atoms with Crippen LogP contribution in [0.5, 0.6) is 5.75 Å². The highest BCUT2D eigenvalue weighted by atomic mass is 79.9. The first-order valence-corrected chi connectivity index (χ1v) is 7.44. The normalized spacial score (nSPS) is 12.7. The predicted molar refractivity (Wildman–Crippen MR) is 84.9 cm³/mol. The van der Waals surface area contributed by atoms with E-state index in [2.05, 4.69) is 28.2 Å². The average Bonchev–Trinajstić information content (AvgIpc) is 2.28. The van der Waals surface area contributed by atoms with Gasteiger partial charge in [0.15, 0.2) is 0 Å². The first-order valence-electron chi connectivity index (χ1n) is 6.52. The van der Waals surface area contributed by atoms with Crippen LogP contribution in [0.2, 0.25) is 0 Å². The molecule has 0 bridgehead atoms. The van der Waals surface area contributed by atoms with Gasteiger partial charge in [0.2, 0.25) is 0 Å². The van der Waals surface area contributed by atoms with Crippen molar-refractivity contribution < 1.29 is 14.3 Å². The summed E-state index contributed by atoms with van der Waals surface area (Å²) in [7, 11) is 1.62. The Morgan fingerprint density at radius 3 is 2.55 bits per heavy atom. The van der Waals surface area contributed by atoms with Gasteiger partial charge in [-0.05, 0) is 51.0 Å². The van der Waals surface area contributed by atoms with Crippen LogP contribution >= 0.6 is 15.9 Å². The summed E-state index contributed by atoms with van der Waals surface area (Å²) >= 11 is 3.52. The Kier molecular flexibility index (Phi) is 5.87. The highest BCUT2D eigenvalue weighted by Gasteiger charge is 2.17. The van der Waals surface area contributed by atoms with E-state index in [4.69, 9.17) is 9.47 Å². The summed E-state index contributed by atoms with van der Waals surface area (Å²) in [6.45, 7) is 7.56. The van der Waals surface area contributed by atoms with Gasteiger partial charge in [-0.1, -0.05) is 22.9 Å². The molecule has 0 aliphatic rings. The molecule has 0 aliphatic carbocycles. The van der Waals surface area contributed by atoms with Crippen LogP contribution in [0, 0.1) is 0 Å². The molecule has 4 nitrogen and oxygen atoms in total. The third-order valence-corrected chi connectivity index (χ3v) is 2.77. The van der Waals surface area contributed by atoms with E-state index in [9.17, 15) is 4.79 Å². The fourth-order valence-electron chi connectivity index (χ4n) is 1.70. The molecule has 1 atom stereocenters. The first-order chi connectivity index (χ1) is 9.21. The molecule has 112 valence electrons. The number of benzene rings is 1. The van der Waals surface area contributed by atoms with E-state index in [1.165, 1.54) is 0 Å². The van der Waals surface area contributed by atoms with E-state index in [1.807, 2.05) is 39.0 Å². The first kappa shape index (κ1) is 16.8. The van der Waals surface area contributed by atoms with Crippen molar-refractivity contribution in [1.29, 1.82) is 0 Å². The van der Waals surface area contributed by atoms with Crippen molar-refractivity contribution in [3.8, 4) is 5.75 Å². The molecule has 0 radical (unpaired) electrons. The molecule has 5 heteroatoms. The molecule has 1 amide bonds. The van der Waals surface area contributed by atoms with Crippen LogP contribution in [0.15, 0.2) is 18.2 Å². The highest BCUT2D eigenvalue weighted by Crippen LogP contribution is 2.25. The molecule has 1 aromatic carbocycles. The zero-order valence-electron chi connectivity index (χ0n) is 12.6. The van der Waals surface area contributed by atoms with Crippen molar-refractivity contribution in [3.05, 3.63) is 23.8 Å². The zero-order chi connectivity index (χ0) is 15.3. The largest absolute Gasteiger partial charge is 0.497 e. The van der Waals surface area contributed by atoms with E-state index < -0.39 is 11.7 Å². The molecular weight excluding hydrogens is 322 g/mol. The van der Waals surface area contributed by atoms with Crippen LogP contribution in [0.1, 0.15) is 33.3 Å². The monoisotopic (exact) mass is 343 g/mol. The van der Waals surface area contributed by atoms with Gasteiger partial charge < -0.3 is 9.47 Å². The maximum Gasteiger partial charge on any atom is 0.412 e. The maximum atomic E-state index is 11.8. The molecule has 0 aliphatic heterocycles. The molecular formula is C15H22BrNO3. The molecule has 1 unspecified atom stereocenters. The number of hydrogen-bond acceptors (Lipinski definition) is 3. The van der Waals surface area contributed by atoms with Crippen LogP contribution in [0.4, 0.5) is 10.5 Å². The summed E-state index contributed by atoms with van der Waals surface area (Å²) in [5.41, 5.74) is 1.23. The number of carbonyl (C=O) groups excluding carboxylic acids is 1. The van der Waals surface area contributed by atoms with Crippen LogP contribution in [0.25, 0.3) is 0 Å². The minimum atomic E-state index is -0.514. The number of carbonyl (C=O) groups is 1. The molecule has 0 fully saturated rings. The lowest BCUT2D eigenvalue weighted by Crippen LogP contribution is -2.27. The molecule has 0 saturated carbocycles. The minimum Gasteiger partial charge on any atom is -0.497 e. The van der Waals surface area contributed by atoms with Gasteiger partial charge in [0.25, 0.3) is 0 Å². The predicted octanol–water partition coefficient (Wildman–Crippen LogP) is 4.37. The van der Waals surface area contributed by atoms with Gasteiger partial charge in [-0.3, -0.25) is 5.32 Å². The molecule has 20 heavy (non-hydrogen) atoms. The van der Waals surface area contributed by atoms with Crippen molar-refractivity contribution in [2.75, 3.05) is 12.4 Å². The minimum absolute atomic E-state index is 0.300. The summed E-state index contributed by atoms with van der Waals surface area (Å²) < 4.78 is 10.5. The SMILES string of the molecule is COc1ccc(NC(=O)OC(C)(C)C)c(CC(C)Br)c1. The van der Waals surface area contributed by atoms with E-state index in [1.54, 1.807) is 7.11 Å². The number of methoxy groups -OCH3 is 1. The number of nitrogens with one attached hydrogen (secondary N) is 1. The number of anilines is 1. The Hall–Kier alpha value is -1.23. The van der Waals surface area contributed by atoms with Crippen molar-refractivity contribution >= 4 is 27.7 Å². The van der Waals surface area contributed by atoms with Crippen molar-refractivity contribution in [2.45, 2.75) is 44.5 Å². The summed E-state index contributed by atoms with van der Waals surface area (Å²) in [5.74, 6) is 0.767. The molecule has 0 aromatic heterocycles. The van der Waals surface area contributed by atoms with Crippen LogP contribution < -0.4 is 10.1 Å². The summed E-state index contributed by atoms with van der Waals surface area (Å²) in [5, 5.41) is 2.79. The molecule has 0 saturated heterocycles. The van der Waals surface area contributed by atoms with Crippen LogP contribution in [0.3, 0.4) is 0 Å². The Labute approximate surface area is 129 Å². The van der Waals surface area contributed by atoms with E-state index in [-0.39, 0.29) is 0 Å². The lowest BCUT2D eigenvalue weighted by Gasteiger charge is -2.21. The summed E-state index contributed by atoms with van der Waals surface area (Å²) in [6.07, 6.45) is 0.327. The zero-order valence-corrected chi connectivity index (χ0v) is 14.2. The third-order valence-electron chi connectivity index (χ3n) is 2.45. The summed E-state index contributed by atoms with van der Waals surface area (Å²) in [4.78, 5) is 12.1. The van der Waals surface area contributed by atoms with Crippen molar-refractivity contribution in [2.24, 2.45) is 0 Å². The Bertz CT molecular complexity index is 467. The van der Waals surface area contributed by atoms with Gasteiger partial charge in [-0.15, -0.1) is 0 Å². The fraction of sp³-hybridized carbons (Fsp3) is 0.533. The second kappa shape index (κ2) is 6.97. The molecule has 1 aromatic rings. The fourth-order valence-corrected chi connectivity index (χ4v) is 2.05. The van der Waals surface area contributed by atoms with Crippen molar-refractivity contribution in [1.82, 2.24) is 0 Å². The molecule has 0 spiro atoms. The van der Waals surface area contributed by atoms with E-state index in [0.717, 1.165) is 23.4 Å². The number of ether oxygens (including phenoxy) is 2. The van der Waals surface area contributed by atoms with Gasteiger partial charge in [0.1, 0.15) is 11.4 Å². The number of rotatable bonds is 4. The second-order valence-electron chi connectivity index (χ2n) is 5.63. The number of hydrogen-bond donors (Lipinski definition) is 1. The number of amides is 1. The van der Waals surface area contributed by atoms with E-state index in [0.29, 0.717) is 4.83 Å². The topological polar surface area (TPSA) is 47.6 Å². The van der Waals surface area contributed by atoms with Gasteiger partial charge >= 0.3 is 6.09 Å².